The molecule has 0 aliphatic rings. The number of hydrogen-bond acceptors (Lipinski definition) is 1. The highest BCUT2D eigenvalue weighted by Gasteiger charge is 2.13. The van der Waals surface area contributed by atoms with Crippen LogP contribution in [0.1, 0.15) is 48.3 Å². The van der Waals surface area contributed by atoms with Gasteiger partial charge in [0.05, 0.1) is 17.0 Å². The third kappa shape index (κ3) is 3.81. The highest BCUT2D eigenvalue weighted by molar-refractivity contribution is 9.10. The predicted molar refractivity (Wildman–Crippen MR) is 93.5 cm³/mol. The maximum Gasteiger partial charge on any atom is 0.133 e. The van der Waals surface area contributed by atoms with Crippen LogP contribution < -0.4 is 4.74 Å². The van der Waals surface area contributed by atoms with Crippen LogP contribution in [0, 0.1) is 0 Å². The van der Waals surface area contributed by atoms with E-state index in [1.807, 2.05) is 18.2 Å². The SMILES string of the molecule is CCC(C)c1ccc(C(Cl)c2ccc(OC)c(Br)c2)cc1. The first-order valence-electron chi connectivity index (χ1n) is 7.14. The Labute approximate surface area is 140 Å². The van der Waals surface area contributed by atoms with Gasteiger partial charge in [-0.1, -0.05) is 44.2 Å². The van der Waals surface area contributed by atoms with Gasteiger partial charge in [-0.05, 0) is 57.1 Å². The minimum absolute atomic E-state index is 0.154. The fourth-order valence-corrected chi connectivity index (χ4v) is 3.10. The molecule has 0 amide bonds. The molecule has 0 heterocycles. The lowest BCUT2D eigenvalue weighted by molar-refractivity contribution is 0.412. The molecule has 0 saturated heterocycles. The van der Waals surface area contributed by atoms with Gasteiger partial charge in [-0.2, -0.15) is 0 Å². The second kappa shape index (κ2) is 7.33. The van der Waals surface area contributed by atoms with Gasteiger partial charge in [0.15, 0.2) is 0 Å². The van der Waals surface area contributed by atoms with Crippen molar-refractivity contribution in [1.29, 1.82) is 0 Å². The summed E-state index contributed by atoms with van der Waals surface area (Å²) in [6.45, 7) is 4.45. The summed E-state index contributed by atoms with van der Waals surface area (Å²) in [5.74, 6) is 1.40. The Morgan fingerprint density at radius 2 is 1.62 bits per heavy atom. The van der Waals surface area contributed by atoms with Crippen molar-refractivity contribution in [2.24, 2.45) is 0 Å². The predicted octanol–water partition coefficient (Wildman–Crippen LogP) is 6.30. The maximum atomic E-state index is 6.60. The molecule has 2 unspecified atom stereocenters. The Balaban J connectivity index is 2.23. The van der Waals surface area contributed by atoms with Crippen LogP contribution in [0.3, 0.4) is 0 Å². The van der Waals surface area contributed by atoms with E-state index in [9.17, 15) is 0 Å². The highest BCUT2D eigenvalue weighted by atomic mass is 79.9. The maximum absolute atomic E-state index is 6.60. The molecule has 0 aliphatic heterocycles. The Morgan fingerprint density at radius 1 is 1.05 bits per heavy atom. The summed E-state index contributed by atoms with van der Waals surface area (Å²) < 4.78 is 6.17. The molecule has 21 heavy (non-hydrogen) atoms. The van der Waals surface area contributed by atoms with Gasteiger partial charge in [0.25, 0.3) is 0 Å². The first-order chi connectivity index (χ1) is 10.1. The number of methoxy groups -OCH3 is 1. The molecule has 0 fully saturated rings. The van der Waals surface area contributed by atoms with E-state index in [2.05, 4.69) is 54.0 Å². The van der Waals surface area contributed by atoms with E-state index < -0.39 is 0 Å². The molecule has 0 N–H and O–H groups in total. The van der Waals surface area contributed by atoms with Crippen molar-refractivity contribution in [3.05, 3.63) is 63.6 Å². The average Bonchev–Trinajstić information content (AvgIpc) is 2.53. The Hall–Kier alpha value is -0.990. The van der Waals surface area contributed by atoms with Gasteiger partial charge in [0.1, 0.15) is 5.75 Å². The Morgan fingerprint density at radius 3 is 2.14 bits per heavy atom. The zero-order chi connectivity index (χ0) is 15.4. The van der Waals surface area contributed by atoms with Gasteiger partial charge in [-0.25, -0.2) is 0 Å². The molecule has 3 heteroatoms. The van der Waals surface area contributed by atoms with Gasteiger partial charge in [0.2, 0.25) is 0 Å². The summed E-state index contributed by atoms with van der Waals surface area (Å²) in [5, 5.41) is -0.154. The number of ether oxygens (including phenoxy) is 1. The van der Waals surface area contributed by atoms with E-state index >= 15 is 0 Å². The summed E-state index contributed by atoms with van der Waals surface area (Å²) in [5.41, 5.74) is 3.53. The molecule has 2 aromatic carbocycles. The van der Waals surface area contributed by atoms with E-state index in [0.717, 1.165) is 27.8 Å². The van der Waals surface area contributed by atoms with Gasteiger partial charge in [-0.15, -0.1) is 11.6 Å². The number of benzene rings is 2. The van der Waals surface area contributed by atoms with Crippen molar-refractivity contribution < 1.29 is 4.74 Å². The smallest absolute Gasteiger partial charge is 0.133 e. The van der Waals surface area contributed by atoms with Gasteiger partial charge in [-0.3, -0.25) is 0 Å². The lowest BCUT2D eigenvalue weighted by Crippen LogP contribution is -1.96. The zero-order valence-electron chi connectivity index (χ0n) is 12.6. The fourth-order valence-electron chi connectivity index (χ4n) is 2.26. The molecule has 0 aliphatic carbocycles. The van der Waals surface area contributed by atoms with Gasteiger partial charge >= 0.3 is 0 Å². The largest absolute Gasteiger partial charge is 0.496 e. The summed E-state index contributed by atoms with van der Waals surface area (Å²) in [6, 6.07) is 14.6. The molecule has 2 atom stereocenters. The zero-order valence-corrected chi connectivity index (χ0v) is 14.9. The molecule has 0 radical (unpaired) electrons. The minimum Gasteiger partial charge on any atom is -0.496 e. The van der Waals surface area contributed by atoms with Crippen LogP contribution in [0.2, 0.25) is 0 Å². The monoisotopic (exact) mass is 366 g/mol. The molecule has 112 valence electrons. The molecule has 2 aromatic rings. The van der Waals surface area contributed by atoms with E-state index in [1.54, 1.807) is 7.11 Å². The third-order valence-electron chi connectivity index (χ3n) is 3.88. The second-order valence-corrected chi connectivity index (χ2v) is 6.52. The van der Waals surface area contributed by atoms with Crippen LogP contribution in [-0.2, 0) is 0 Å². The van der Waals surface area contributed by atoms with E-state index in [0.29, 0.717) is 5.92 Å². The van der Waals surface area contributed by atoms with E-state index in [-0.39, 0.29) is 5.38 Å². The molecule has 2 rings (SSSR count). The van der Waals surface area contributed by atoms with Crippen LogP contribution in [0.5, 0.6) is 5.75 Å². The summed E-state index contributed by atoms with van der Waals surface area (Å²) in [4.78, 5) is 0. The fraction of sp³-hybridized carbons (Fsp3) is 0.333. The van der Waals surface area contributed by atoms with Crippen molar-refractivity contribution in [3.63, 3.8) is 0 Å². The normalized spacial score (nSPS) is 13.8. The third-order valence-corrected chi connectivity index (χ3v) is 5.00. The highest BCUT2D eigenvalue weighted by Crippen LogP contribution is 2.34. The van der Waals surface area contributed by atoms with Gasteiger partial charge in [0, 0.05) is 0 Å². The van der Waals surface area contributed by atoms with E-state index in [1.165, 1.54) is 5.56 Å². The quantitative estimate of drug-likeness (QED) is 0.563. The molecule has 0 bridgehead atoms. The number of alkyl halides is 1. The van der Waals surface area contributed by atoms with Crippen LogP contribution in [-0.4, -0.2) is 7.11 Å². The van der Waals surface area contributed by atoms with Crippen molar-refractivity contribution in [2.75, 3.05) is 7.11 Å². The lowest BCUT2D eigenvalue weighted by atomic mass is 9.96. The number of halogens is 2. The Kier molecular flexibility index (Phi) is 5.72. The van der Waals surface area contributed by atoms with Crippen molar-refractivity contribution in [1.82, 2.24) is 0 Å². The topological polar surface area (TPSA) is 9.23 Å². The molecule has 0 spiro atoms. The molecular weight excluding hydrogens is 348 g/mol. The molecule has 1 nitrogen and oxygen atoms in total. The lowest BCUT2D eigenvalue weighted by Gasteiger charge is -2.14. The van der Waals surface area contributed by atoms with Crippen molar-refractivity contribution in [3.8, 4) is 5.75 Å². The average molecular weight is 368 g/mol. The summed E-state index contributed by atoms with van der Waals surface area (Å²) in [7, 11) is 1.66. The summed E-state index contributed by atoms with van der Waals surface area (Å²) in [6.07, 6.45) is 1.15. The first kappa shape index (κ1) is 16.4. The second-order valence-electron chi connectivity index (χ2n) is 5.23. The Bertz CT molecular complexity index is 595. The van der Waals surface area contributed by atoms with Crippen LogP contribution >= 0.6 is 27.5 Å². The van der Waals surface area contributed by atoms with E-state index in [4.69, 9.17) is 16.3 Å². The molecule has 0 saturated carbocycles. The van der Waals surface area contributed by atoms with Crippen LogP contribution in [0.25, 0.3) is 0 Å². The molecule has 0 aromatic heterocycles. The number of rotatable bonds is 5. The number of hydrogen-bond donors (Lipinski definition) is 0. The van der Waals surface area contributed by atoms with Crippen molar-refractivity contribution in [2.45, 2.75) is 31.6 Å². The van der Waals surface area contributed by atoms with Crippen molar-refractivity contribution >= 4 is 27.5 Å². The first-order valence-corrected chi connectivity index (χ1v) is 8.37. The molecular formula is C18H20BrClO. The summed E-state index contributed by atoms with van der Waals surface area (Å²) >= 11 is 10.1. The standard InChI is InChI=1S/C18H20BrClO/c1-4-12(2)13-5-7-14(8-6-13)18(20)15-9-10-17(21-3)16(19)11-15/h5-12,18H,4H2,1-3H3. The minimum atomic E-state index is -0.154. The van der Waals surface area contributed by atoms with Crippen LogP contribution in [0.4, 0.5) is 0 Å². The van der Waals surface area contributed by atoms with Crippen LogP contribution in [0.15, 0.2) is 46.9 Å². The van der Waals surface area contributed by atoms with Gasteiger partial charge < -0.3 is 4.74 Å².